The Morgan fingerprint density at radius 3 is 2.28 bits per heavy atom. The van der Waals surface area contributed by atoms with Crippen molar-refractivity contribution in [3.8, 4) is 0 Å². The summed E-state index contributed by atoms with van der Waals surface area (Å²) in [6.45, 7) is 4.82. The molecular weight excluding hydrogens is 324 g/mol. The normalized spacial score (nSPS) is 23.0. The number of hydrogen-bond donors (Lipinski definition) is 2. The van der Waals surface area contributed by atoms with Gasteiger partial charge in [-0.05, 0) is 26.7 Å². The average Bonchev–Trinajstić information content (AvgIpc) is 2.61. The molecule has 0 atom stereocenters. The van der Waals surface area contributed by atoms with Gasteiger partial charge in [-0.1, -0.05) is 19.3 Å². The van der Waals surface area contributed by atoms with Gasteiger partial charge in [0.25, 0.3) is 0 Å². The number of nitrogens with one attached hydrogen (secondary N) is 1. The van der Waals surface area contributed by atoms with Crippen LogP contribution in [0.3, 0.4) is 0 Å². The molecule has 0 aromatic heterocycles. The minimum Gasteiger partial charge on any atom is -0.467 e. The molecule has 1 saturated heterocycles. The summed E-state index contributed by atoms with van der Waals surface area (Å²) >= 11 is 0. The number of carbonyl (C=O) groups is 2. The zero-order valence-electron chi connectivity index (χ0n) is 15.5. The van der Waals surface area contributed by atoms with E-state index >= 15 is 0 Å². The number of rotatable bonds is 4. The fraction of sp³-hybridized carbons (Fsp3) is 0.833. The van der Waals surface area contributed by atoms with Crippen molar-refractivity contribution < 1.29 is 28.7 Å². The Kier molecular flexibility index (Phi) is 6.67. The molecule has 7 heteroatoms. The standard InChI is InChI=1S/C18H30N2O5/c1-13(2)25-17(23)20-11-7-14(8-12-20)15(21)19-18(16(22)24-3)9-5-4-6-10-18/h13-14H,4-12H2,1-3H3,(H,19,21)/p+1. The number of ether oxygens (including phenoxy) is 2. The molecule has 1 heterocycles. The first kappa shape index (κ1) is 19.5. The van der Waals surface area contributed by atoms with Crippen LogP contribution in [0.25, 0.3) is 0 Å². The Labute approximate surface area is 149 Å². The van der Waals surface area contributed by atoms with Gasteiger partial charge in [0.15, 0.2) is 13.1 Å². The molecule has 0 aromatic rings. The molecule has 2 rings (SSSR count). The van der Waals surface area contributed by atoms with Crippen LogP contribution in [0.1, 0.15) is 58.8 Å². The van der Waals surface area contributed by atoms with Gasteiger partial charge in [-0.2, -0.15) is 4.58 Å². The van der Waals surface area contributed by atoms with Gasteiger partial charge in [-0.15, -0.1) is 0 Å². The quantitative estimate of drug-likeness (QED) is 0.456. The number of esters is 1. The molecule has 1 aliphatic carbocycles. The van der Waals surface area contributed by atoms with E-state index in [1.54, 1.807) is 4.58 Å². The first-order valence-electron chi connectivity index (χ1n) is 9.26. The summed E-state index contributed by atoms with van der Waals surface area (Å²) in [5.41, 5.74) is -0.865. The smallest absolute Gasteiger partial charge is 0.467 e. The van der Waals surface area contributed by atoms with Crippen molar-refractivity contribution in [2.75, 3.05) is 20.2 Å². The van der Waals surface area contributed by atoms with Crippen molar-refractivity contribution in [1.82, 2.24) is 5.32 Å². The highest BCUT2D eigenvalue weighted by Gasteiger charge is 2.43. The highest BCUT2D eigenvalue weighted by molar-refractivity contribution is 5.89. The fourth-order valence-electron chi connectivity index (χ4n) is 3.69. The molecule has 2 aliphatic rings. The van der Waals surface area contributed by atoms with Crippen molar-refractivity contribution in [1.29, 1.82) is 0 Å². The van der Waals surface area contributed by atoms with Crippen LogP contribution in [0.2, 0.25) is 0 Å². The van der Waals surface area contributed by atoms with E-state index in [1.807, 2.05) is 13.8 Å². The maximum Gasteiger partial charge on any atom is 0.546 e. The molecule has 1 amide bonds. The summed E-state index contributed by atoms with van der Waals surface area (Å²) in [6, 6.07) is 0. The van der Waals surface area contributed by atoms with Crippen LogP contribution in [0.15, 0.2) is 0 Å². The van der Waals surface area contributed by atoms with Crippen LogP contribution in [-0.4, -0.2) is 59.5 Å². The number of amides is 1. The Balaban J connectivity index is 1.96. The monoisotopic (exact) mass is 355 g/mol. The van der Waals surface area contributed by atoms with E-state index in [0.717, 1.165) is 19.3 Å². The maximum absolute atomic E-state index is 12.7. The van der Waals surface area contributed by atoms with Gasteiger partial charge in [0.05, 0.1) is 7.11 Å². The third-order valence-corrected chi connectivity index (χ3v) is 5.12. The Hall–Kier alpha value is -1.79. The van der Waals surface area contributed by atoms with Crippen LogP contribution in [-0.2, 0) is 19.1 Å². The minimum absolute atomic E-state index is 0.0767. The van der Waals surface area contributed by atoms with Gasteiger partial charge in [-0.25, -0.2) is 4.79 Å². The molecule has 142 valence electrons. The predicted molar refractivity (Wildman–Crippen MR) is 92.5 cm³/mol. The van der Waals surface area contributed by atoms with Crippen molar-refractivity contribution in [3.05, 3.63) is 0 Å². The number of hydrogen-bond acceptors (Lipinski definition) is 4. The molecule has 2 N–H and O–H groups in total. The van der Waals surface area contributed by atoms with E-state index in [9.17, 15) is 14.7 Å². The summed E-state index contributed by atoms with van der Waals surface area (Å²) in [4.78, 5) is 25.0. The van der Waals surface area contributed by atoms with Crippen molar-refractivity contribution in [3.63, 3.8) is 0 Å². The number of aliphatic hydroxyl groups is 1. The number of carbonyl (C=O) groups excluding carboxylic acids is 2. The van der Waals surface area contributed by atoms with Gasteiger partial charge in [0, 0.05) is 18.8 Å². The maximum atomic E-state index is 12.7. The van der Waals surface area contributed by atoms with Crippen LogP contribution in [0, 0.1) is 5.92 Å². The van der Waals surface area contributed by atoms with E-state index in [2.05, 4.69) is 5.32 Å². The molecule has 0 radical (unpaired) electrons. The molecular formula is C18H31N2O5+. The van der Waals surface area contributed by atoms with Crippen molar-refractivity contribution >= 4 is 18.0 Å². The van der Waals surface area contributed by atoms with E-state index in [0.29, 0.717) is 38.8 Å². The van der Waals surface area contributed by atoms with Crippen LogP contribution >= 0.6 is 0 Å². The van der Waals surface area contributed by atoms with Crippen molar-refractivity contribution in [2.24, 2.45) is 5.92 Å². The molecule has 1 saturated carbocycles. The summed E-state index contributed by atoms with van der Waals surface area (Å²) in [7, 11) is 1.37. The summed E-state index contributed by atoms with van der Waals surface area (Å²) in [5, 5.41) is 12.9. The summed E-state index contributed by atoms with van der Waals surface area (Å²) in [6.07, 6.45) is 5.27. The van der Waals surface area contributed by atoms with E-state index in [4.69, 9.17) is 9.47 Å². The minimum atomic E-state index is -0.865. The number of nitrogens with zero attached hydrogens (tertiary/aromatic N) is 1. The molecule has 25 heavy (non-hydrogen) atoms. The lowest BCUT2D eigenvalue weighted by atomic mass is 9.81. The summed E-state index contributed by atoms with van der Waals surface area (Å²) in [5.74, 6) is -0.586. The second-order valence-electron chi connectivity index (χ2n) is 7.33. The van der Waals surface area contributed by atoms with Gasteiger partial charge >= 0.3 is 12.1 Å². The zero-order valence-corrected chi connectivity index (χ0v) is 15.5. The number of piperidine rings is 1. The number of methoxy groups -OCH3 is 1. The lowest BCUT2D eigenvalue weighted by Gasteiger charge is -2.36. The Morgan fingerprint density at radius 1 is 1.16 bits per heavy atom. The average molecular weight is 355 g/mol. The van der Waals surface area contributed by atoms with Gasteiger partial charge in [-0.3, -0.25) is 4.79 Å². The van der Waals surface area contributed by atoms with Crippen LogP contribution in [0.5, 0.6) is 0 Å². The van der Waals surface area contributed by atoms with Gasteiger partial charge in [0.2, 0.25) is 5.91 Å². The second kappa shape index (κ2) is 8.54. The third-order valence-electron chi connectivity index (χ3n) is 5.12. The van der Waals surface area contributed by atoms with Crippen LogP contribution < -0.4 is 5.32 Å². The summed E-state index contributed by atoms with van der Waals surface area (Å²) < 4.78 is 12.0. The van der Waals surface area contributed by atoms with E-state index < -0.39 is 5.54 Å². The molecule has 0 unspecified atom stereocenters. The van der Waals surface area contributed by atoms with Gasteiger partial charge in [0.1, 0.15) is 11.6 Å². The molecule has 0 bridgehead atoms. The molecule has 2 fully saturated rings. The predicted octanol–water partition coefficient (Wildman–Crippen LogP) is 1.74. The highest BCUT2D eigenvalue weighted by Crippen LogP contribution is 2.30. The zero-order chi connectivity index (χ0) is 18.4. The van der Waals surface area contributed by atoms with E-state index in [1.165, 1.54) is 7.11 Å². The van der Waals surface area contributed by atoms with Gasteiger partial charge < -0.3 is 19.9 Å². The second-order valence-corrected chi connectivity index (χ2v) is 7.33. The third kappa shape index (κ3) is 4.86. The van der Waals surface area contributed by atoms with Crippen LogP contribution in [0.4, 0.5) is 0 Å². The highest BCUT2D eigenvalue weighted by atomic mass is 16.6. The first-order chi connectivity index (χ1) is 11.9. The topological polar surface area (TPSA) is 87.9 Å². The Morgan fingerprint density at radius 2 is 1.76 bits per heavy atom. The van der Waals surface area contributed by atoms with E-state index in [-0.39, 0.29) is 30.0 Å². The lowest BCUT2D eigenvalue weighted by molar-refractivity contribution is -0.556. The lowest BCUT2D eigenvalue weighted by Crippen LogP contribution is -2.58. The number of aliphatic hydroxyl groups excluding tert-OH is 1. The first-order valence-corrected chi connectivity index (χ1v) is 9.26. The fourth-order valence-corrected chi connectivity index (χ4v) is 3.69. The largest absolute Gasteiger partial charge is 0.546 e. The van der Waals surface area contributed by atoms with Crippen molar-refractivity contribution in [2.45, 2.75) is 70.4 Å². The Bertz CT molecular complexity index is 514. The molecule has 1 aliphatic heterocycles. The molecule has 7 nitrogen and oxygen atoms in total. The SMILES string of the molecule is COC(=O)C1(NC(=O)C2CC[N+](=C(O)OC(C)C)CC2)CCCCC1. The molecule has 0 spiro atoms. The molecule has 0 aromatic carbocycles.